The molecule has 1 aliphatic heterocycles. The van der Waals surface area contributed by atoms with Gasteiger partial charge in [-0.25, -0.2) is 0 Å². The van der Waals surface area contributed by atoms with Gasteiger partial charge in [-0.2, -0.15) is 4.91 Å². The van der Waals surface area contributed by atoms with Crippen LogP contribution in [0.3, 0.4) is 0 Å². The van der Waals surface area contributed by atoms with E-state index >= 15 is 0 Å². The monoisotopic (exact) mass is 284 g/mol. The second kappa shape index (κ2) is 6.69. The first-order valence-electron chi connectivity index (χ1n) is 6.15. The first-order valence-corrected chi connectivity index (χ1v) is 6.15. The molecule has 0 aromatic heterocycles. The Bertz CT molecular complexity index is 454. The van der Waals surface area contributed by atoms with Crippen LogP contribution in [0.2, 0.25) is 0 Å². The molecular weight excluding hydrogens is 264 g/mol. The number of aliphatic imine (C=N–C) groups is 1. The molecule has 8 nitrogen and oxygen atoms in total. The number of nitrogens with one attached hydrogen (secondary N) is 1. The third-order valence-electron chi connectivity index (χ3n) is 3.10. The number of aliphatic hydroxyl groups excluding tert-OH is 1. The number of nitrogens with two attached hydrogens (primary N) is 1. The number of carbonyl (C=O) groups excluding carboxylic acids is 1. The van der Waals surface area contributed by atoms with Crippen molar-refractivity contribution in [3.8, 4) is 0 Å². The first-order chi connectivity index (χ1) is 9.32. The van der Waals surface area contributed by atoms with Gasteiger partial charge >= 0.3 is 0 Å². The number of hydrogen-bond acceptors (Lipinski definition) is 7. The molecule has 1 heterocycles. The standard InChI is InChI=1S/C12H20N4O4/c1-12(2,20-3)6-15-11(18)9-7(5-16-19)8(4-14-9)10(13)17/h10,17H,4-6,13H2,1-3H3,(H,15,18). The fourth-order valence-corrected chi connectivity index (χ4v) is 1.68. The quantitative estimate of drug-likeness (QED) is 0.422. The molecule has 0 bridgehead atoms. The van der Waals surface area contributed by atoms with Crippen LogP contribution in [0.15, 0.2) is 21.3 Å². The van der Waals surface area contributed by atoms with Crippen molar-refractivity contribution >= 4 is 11.6 Å². The van der Waals surface area contributed by atoms with Gasteiger partial charge in [0.2, 0.25) is 0 Å². The summed E-state index contributed by atoms with van der Waals surface area (Å²) in [6, 6.07) is 0. The van der Waals surface area contributed by atoms with Crippen LogP contribution in [0.4, 0.5) is 0 Å². The van der Waals surface area contributed by atoms with Crippen LogP contribution in [-0.4, -0.2) is 55.3 Å². The van der Waals surface area contributed by atoms with E-state index in [0.717, 1.165) is 0 Å². The van der Waals surface area contributed by atoms with Crippen LogP contribution in [-0.2, 0) is 9.53 Å². The van der Waals surface area contributed by atoms with Gasteiger partial charge in [0.1, 0.15) is 18.5 Å². The summed E-state index contributed by atoms with van der Waals surface area (Å²) >= 11 is 0. The molecule has 0 spiro atoms. The summed E-state index contributed by atoms with van der Waals surface area (Å²) in [7, 11) is 1.55. The maximum absolute atomic E-state index is 12.1. The van der Waals surface area contributed by atoms with Gasteiger partial charge < -0.3 is 20.9 Å². The Morgan fingerprint density at radius 2 is 2.30 bits per heavy atom. The fourth-order valence-electron chi connectivity index (χ4n) is 1.68. The number of nitroso groups, excluding NO2 is 1. The third-order valence-corrected chi connectivity index (χ3v) is 3.10. The van der Waals surface area contributed by atoms with Crippen molar-refractivity contribution in [2.45, 2.75) is 25.7 Å². The largest absolute Gasteiger partial charge is 0.377 e. The highest BCUT2D eigenvalue weighted by atomic mass is 16.5. The normalized spacial score (nSPS) is 16.9. The van der Waals surface area contributed by atoms with Gasteiger partial charge in [-0.15, -0.1) is 0 Å². The molecule has 0 radical (unpaired) electrons. The predicted octanol–water partition coefficient (Wildman–Crippen LogP) is -0.678. The average Bonchev–Trinajstić information content (AvgIpc) is 2.80. The summed E-state index contributed by atoms with van der Waals surface area (Å²) in [6.45, 7) is 3.77. The average molecular weight is 284 g/mol. The number of aliphatic hydroxyl groups is 1. The summed E-state index contributed by atoms with van der Waals surface area (Å²) in [5, 5.41) is 14.8. The molecule has 0 fully saturated rings. The van der Waals surface area contributed by atoms with E-state index in [2.05, 4.69) is 15.5 Å². The molecule has 1 atom stereocenters. The number of nitrogens with zero attached hydrogens (tertiary/aromatic N) is 2. The minimum atomic E-state index is -1.25. The summed E-state index contributed by atoms with van der Waals surface area (Å²) in [6.07, 6.45) is -1.25. The fraction of sp³-hybridized carbons (Fsp3) is 0.667. The lowest BCUT2D eigenvalue weighted by atomic mass is 10.0. The Morgan fingerprint density at radius 3 is 2.80 bits per heavy atom. The van der Waals surface area contributed by atoms with Crippen molar-refractivity contribution in [1.82, 2.24) is 5.32 Å². The van der Waals surface area contributed by atoms with E-state index in [4.69, 9.17) is 10.5 Å². The van der Waals surface area contributed by atoms with Crippen LogP contribution in [0, 0.1) is 4.91 Å². The van der Waals surface area contributed by atoms with Crippen molar-refractivity contribution in [3.63, 3.8) is 0 Å². The van der Waals surface area contributed by atoms with E-state index in [0.29, 0.717) is 11.1 Å². The van der Waals surface area contributed by atoms with Crippen LogP contribution in [0.1, 0.15) is 13.8 Å². The Kier molecular flexibility index (Phi) is 5.49. The second-order valence-electron chi connectivity index (χ2n) is 5.05. The topological polar surface area (TPSA) is 126 Å². The molecule has 0 saturated heterocycles. The van der Waals surface area contributed by atoms with Crippen LogP contribution in [0.25, 0.3) is 0 Å². The molecule has 0 aromatic carbocycles. The molecule has 0 aromatic rings. The molecule has 0 saturated carbocycles. The maximum Gasteiger partial charge on any atom is 0.269 e. The summed E-state index contributed by atoms with van der Waals surface area (Å²) in [5.74, 6) is -0.440. The minimum absolute atomic E-state index is 0.0935. The van der Waals surface area contributed by atoms with Crippen molar-refractivity contribution in [1.29, 1.82) is 0 Å². The maximum atomic E-state index is 12.1. The van der Waals surface area contributed by atoms with Crippen molar-refractivity contribution in [3.05, 3.63) is 16.1 Å². The molecule has 112 valence electrons. The summed E-state index contributed by atoms with van der Waals surface area (Å²) in [4.78, 5) is 26.5. The van der Waals surface area contributed by atoms with Gasteiger partial charge in [-0.3, -0.25) is 9.79 Å². The molecule has 20 heavy (non-hydrogen) atoms. The number of rotatable bonds is 7. The minimum Gasteiger partial charge on any atom is -0.377 e. The van der Waals surface area contributed by atoms with Gasteiger partial charge in [-0.1, -0.05) is 5.18 Å². The van der Waals surface area contributed by atoms with Crippen molar-refractivity contribution < 1.29 is 14.6 Å². The third kappa shape index (κ3) is 3.92. The molecule has 1 unspecified atom stereocenters. The summed E-state index contributed by atoms with van der Waals surface area (Å²) in [5.41, 5.74) is 5.59. The lowest BCUT2D eigenvalue weighted by molar-refractivity contribution is -0.116. The molecule has 8 heteroatoms. The highest BCUT2D eigenvalue weighted by Gasteiger charge is 2.28. The number of hydrogen-bond donors (Lipinski definition) is 3. The Morgan fingerprint density at radius 1 is 1.65 bits per heavy atom. The second-order valence-corrected chi connectivity index (χ2v) is 5.05. The number of ether oxygens (including phenoxy) is 1. The zero-order chi connectivity index (χ0) is 15.3. The zero-order valence-electron chi connectivity index (χ0n) is 11.8. The Hall–Kier alpha value is -1.64. The Labute approximate surface area is 117 Å². The van der Waals surface area contributed by atoms with E-state index in [1.54, 1.807) is 7.11 Å². The van der Waals surface area contributed by atoms with Crippen molar-refractivity contribution in [2.75, 3.05) is 26.7 Å². The highest BCUT2D eigenvalue weighted by Crippen LogP contribution is 2.18. The lowest BCUT2D eigenvalue weighted by Crippen LogP contribution is -2.42. The number of amides is 1. The van der Waals surface area contributed by atoms with Gasteiger partial charge in [-0.05, 0) is 13.8 Å². The molecular formula is C12H20N4O4. The van der Waals surface area contributed by atoms with Gasteiger partial charge in [0, 0.05) is 24.8 Å². The molecule has 1 rings (SSSR count). The SMILES string of the molecule is COC(C)(C)CNC(=O)C1=NCC(C(N)O)=C1CN=O. The molecule has 1 aliphatic rings. The number of carbonyl (C=O) groups is 1. The van der Waals surface area contributed by atoms with E-state index in [1.807, 2.05) is 13.8 Å². The smallest absolute Gasteiger partial charge is 0.269 e. The summed E-state index contributed by atoms with van der Waals surface area (Å²) < 4.78 is 5.19. The molecule has 4 N–H and O–H groups in total. The van der Waals surface area contributed by atoms with Gasteiger partial charge in [0.15, 0.2) is 0 Å². The zero-order valence-corrected chi connectivity index (χ0v) is 11.8. The lowest BCUT2D eigenvalue weighted by Gasteiger charge is -2.23. The predicted molar refractivity (Wildman–Crippen MR) is 74.3 cm³/mol. The molecule has 0 aliphatic carbocycles. The van der Waals surface area contributed by atoms with Crippen molar-refractivity contribution in [2.24, 2.45) is 15.9 Å². The van der Waals surface area contributed by atoms with E-state index in [9.17, 15) is 14.8 Å². The van der Waals surface area contributed by atoms with Gasteiger partial charge in [0.25, 0.3) is 5.91 Å². The Balaban J connectivity index is 2.80. The van der Waals surface area contributed by atoms with Crippen LogP contribution >= 0.6 is 0 Å². The van der Waals surface area contributed by atoms with E-state index in [1.165, 1.54) is 0 Å². The number of methoxy groups -OCH3 is 1. The van der Waals surface area contributed by atoms with E-state index in [-0.39, 0.29) is 25.3 Å². The first kappa shape index (κ1) is 16.4. The van der Waals surface area contributed by atoms with Crippen LogP contribution < -0.4 is 11.1 Å². The van der Waals surface area contributed by atoms with E-state index < -0.39 is 17.7 Å². The molecule has 1 amide bonds. The highest BCUT2D eigenvalue weighted by molar-refractivity contribution is 6.46. The van der Waals surface area contributed by atoms with Gasteiger partial charge in [0.05, 0.1) is 12.1 Å². The van der Waals surface area contributed by atoms with Crippen LogP contribution in [0.5, 0.6) is 0 Å².